The van der Waals surface area contributed by atoms with Crippen molar-refractivity contribution < 1.29 is 13.9 Å². The number of anilines is 1. The molecular weight excluding hydrogens is 367 g/mol. The maximum absolute atomic E-state index is 13.0. The first-order valence-corrected chi connectivity index (χ1v) is 10.6. The summed E-state index contributed by atoms with van der Waals surface area (Å²) >= 11 is 0. The largest absolute Gasteiger partial charge is 0.445 e. The molecule has 0 saturated heterocycles. The van der Waals surface area contributed by atoms with Crippen LogP contribution in [0.3, 0.4) is 0 Å². The van der Waals surface area contributed by atoms with E-state index in [-0.39, 0.29) is 12.4 Å². The molecule has 0 aliphatic heterocycles. The predicted octanol–water partition coefficient (Wildman–Crippen LogP) is 5.66. The third kappa shape index (κ3) is 7.41. The smallest absolute Gasteiger partial charge is 0.404 e. The van der Waals surface area contributed by atoms with Gasteiger partial charge in [0.25, 0.3) is 0 Å². The van der Waals surface area contributed by atoms with Crippen LogP contribution in [0.1, 0.15) is 50.5 Å². The van der Waals surface area contributed by atoms with Gasteiger partial charge in [0, 0.05) is 18.3 Å². The highest BCUT2D eigenvalue weighted by Crippen LogP contribution is 2.35. The van der Waals surface area contributed by atoms with Gasteiger partial charge in [-0.25, -0.2) is 9.18 Å². The Balaban J connectivity index is 0.000000188. The van der Waals surface area contributed by atoms with Gasteiger partial charge in [-0.15, -0.1) is 0 Å². The fraction of sp³-hybridized carbons (Fsp3) is 0.458. The molecular formula is C24H31FN2O2. The van der Waals surface area contributed by atoms with Crippen molar-refractivity contribution in [3.05, 3.63) is 66.0 Å². The number of ether oxygens (including phenoxy) is 1. The molecule has 0 bridgehead atoms. The molecule has 2 fully saturated rings. The van der Waals surface area contributed by atoms with Gasteiger partial charge in [0.1, 0.15) is 12.4 Å². The molecule has 0 atom stereocenters. The number of amides is 1. The fourth-order valence-corrected chi connectivity index (χ4v) is 3.80. The van der Waals surface area contributed by atoms with Gasteiger partial charge < -0.3 is 15.4 Å². The number of hydrogen-bond acceptors (Lipinski definition) is 3. The minimum absolute atomic E-state index is 0.131. The summed E-state index contributed by atoms with van der Waals surface area (Å²) in [6, 6.07) is 17.2. The normalized spacial score (nSPS) is 16.4. The zero-order chi connectivity index (χ0) is 20.5. The molecule has 0 aromatic heterocycles. The zero-order valence-corrected chi connectivity index (χ0v) is 16.9. The topological polar surface area (TPSA) is 55.6 Å². The average molecular weight is 399 g/mol. The standard InChI is InChI=1S/C16H22FN.C8H9NO2/c17-14-8-10-16(11-9-14)18(12-13-6-7-13)15-4-2-1-3-5-15;9-8(10)11-6-7-4-2-1-3-5-7/h8-11,13,15H,1-7,12H2;1-5H,6H2,(H2,9,10). The van der Waals surface area contributed by atoms with E-state index < -0.39 is 6.09 Å². The van der Waals surface area contributed by atoms with Crippen LogP contribution in [0.5, 0.6) is 0 Å². The van der Waals surface area contributed by atoms with Gasteiger partial charge in [-0.1, -0.05) is 49.6 Å². The molecule has 0 spiro atoms. The van der Waals surface area contributed by atoms with E-state index in [0.717, 1.165) is 11.5 Å². The Kier molecular flexibility index (Phi) is 7.91. The van der Waals surface area contributed by atoms with Gasteiger partial charge >= 0.3 is 6.09 Å². The van der Waals surface area contributed by atoms with E-state index in [4.69, 9.17) is 5.73 Å². The number of benzene rings is 2. The lowest BCUT2D eigenvalue weighted by molar-refractivity contribution is 0.150. The lowest BCUT2D eigenvalue weighted by atomic mass is 9.93. The highest BCUT2D eigenvalue weighted by molar-refractivity contribution is 5.64. The van der Waals surface area contributed by atoms with Gasteiger partial charge in [0.2, 0.25) is 0 Å². The molecule has 2 aliphatic carbocycles. The minimum Gasteiger partial charge on any atom is -0.445 e. The molecule has 5 heteroatoms. The molecule has 29 heavy (non-hydrogen) atoms. The van der Waals surface area contributed by atoms with E-state index >= 15 is 0 Å². The van der Waals surface area contributed by atoms with Crippen molar-refractivity contribution in [1.29, 1.82) is 0 Å². The summed E-state index contributed by atoms with van der Waals surface area (Å²) in [5, 5.41) is 0. The van der Waals surface area contributed by atoms with E-state index in [9.17, 15) is 9.18 Å². The Bertz CT molecular complexity index is 741. The van der Waals surface area contributed by atoms with E-state index in [2.05, 4.69) is 9.64 Å². The number of carbonyl (C=O) groups excluding carboxylic acids is 1. The zero-order valence-electron chi connectivity index (χ0n) is 16.9. The monoisotopic (exact) mass is 398 g/mol. The van der Waals surface area contributed by atoms with Crippen LogP contribution in [0.25, 0.3) is 0 Å². The maximum atomic E-state index is 13.0. The molecule has 4 nitrogen and oxygen atoms in total. The number of rotatable bonds is 6. The van der Waals surface area contributed by atoms with Crippen LogP contribution in [0.2, 0.25) is 0 Å². The summed E-state index contributed by atoms with van der Waals surface area (Å²) < 4.78 is 17.6. The molecule has 2 N–H and O–H groups in total. The van der Waals surface area contributed by atoms with Gasteiger partial charge in [-0.2, -0.15) is 0 Å². The van der Waals surface area contributed by atoms with E-state index in [1.807, 2.05) is 42.5 Å². The van der Waals surface area contributed by atoms with Gasteiger partial charge in [-0.05, 0) is 61.4 Å². The van der Waals surface area contributed by atoms with Crippen molar-refractivity contribution in [3.8, 4) is 0 Å². The van der Waals surface area contributed by atoms with Gasteiger partial charge in [-0.3, -0.25) is 0 Å². The second kappa shape index (κ2) is 10.8. The molecule has 0 radical (unpaired) electrons. The first-order valence-electron chi connectivity index (χ1n) is 10.6. The second-order valence-corrected chi connectivity index (χ2v) is 7.96. The number of hydrogen-bond donors (Lipinski definition) is 1. The summed E-state index contributed by atoms with van der Waals surface area (Å²) in [4.78, 5) is 12.7. The van der Waals surface area contributed by atoms with Crippen molar-refractivity contribution in [2.45, 2.75) is 57.6 Å². The summed E-state index contributed by atoms with van der Waals surface area (Å²) in [6.45, 7) is 1.42. The molecule has 0 unspecified atom stereocenters. The van der Waals surface area contributed by atoms with E-state index in [1.165, 1.54) is 57.2 Å². The van der Waals surface area contributed by atoms with E-state index in [0.29, 0.717) is 6.04 Å². The Morgan fingerprint density at radius 1 is 0.966 bits per heavy atom. The highest BCUT2D eigenvalue weighted by atomic mass is 19.1. The number of primary amides is 1. The Hall–Kier alpha value is -2.56. The quantitative estimate of drug-likeness (QED) is 0.683. The molecule has 4 rings (SSSR count). The molecule has 2 aromatic rings. The van der Waals surface area contributed by atoms with Crippen molar-refractivity contribution in [2.24, 2.45) is 11.7 Å². The highest BCUT2D eigenvalue weighted by Gasteiger charge is 2.29. The van der Waals surface area contributed by atoms with Crippen molar-refractivity contribution >= 4 is 11.8 Å². The van der Waals surface area contributed by atoms with Crippen LogP contribution in [-0.4, -0.2) is 18.7 Å². The van der Waals surface area contributed by atoms with Gasteiger partial charge in [0.15, 0.2) is 0 Å². The van der Waals surface area contributed by atoms with Crippen LogP contribution >= 0.6 is 0 Å². The van der Waals surface area contributed by atoms with Crippen LogP contribution in [0, 0.1) is 11.7 Å². The average Bonchev–Trinajstić information content (AvgIpc) is 3.57. The minimum atomic E-state index is -0.742. The van der Waals surface area contributed by atoms with Crippen LogP contribution in [0.4, 0.5) is 14.9 Å². The van der Waals surface area contributed by atoms with Gasteiger partial charge in [0.05, 0.1) is 0 Å². The Morgan fingerprint density at radius 2 is 1.62 bits per heavy atom. The molecule has 1 amide bonds. The summed E-state index contributed by atoms with van der Waals surface area (Å²) in [5.41, 5.74) is 6.93. The molecule has 2 aromatic carbocycles. The number of nitrogens with zero attached hydrogens (tertiary/aromatic N) is 1. The molecule has 156 valence electrons. The Labute approximate surface area is 172 Å². The predicted molar refractivity (Wildman–Crippen MR) is 114 cm³/mol. The van der Waals surface area contributed by atoms with E-state index in [1.54, 1.807) is 12.1 Å². The molecule has 0 heterocycles. The van der Waals surface area contributed by atoms with Crippen molar-refractivity contribution in [1.82, 2.24) is 0 Å². The first kappa shape index (κ1) is 21.2. The lowest BCUT2D eigenvalue weighted by Crippen LogP contribution is -2.38. The summed E-state index contributed by atoms with van der Waals surface area (Å²) in [6.07, 6.45) is 8.73. The number of nitrogens with two attached hydrogens (primary N) is 1. The molecule has 2 aliphatic rings. The van der Waals surface area contributed by atoms with Crippen LogP contribution < -0.4 is 10.6 Å². The lowest BCUT2D eigenvalue weighted by Gasteiger charge is -2.36. The third-order valence-corrected chi connectivity index (χ3v) is 5.55. The molecule has 2 saturated carbocycles. The third-order valence-electron chi connectivity index (χ3n) is 5.55. The fourth-order valence-electron chi connectivity index (χ4n) is 3.80. The van der Waals surface area contributed by atoms with Crippen molar-refractivity contribution in [2.75, 3.05) is 11.4 Å². The number of halogens is 1. The first-order chi connectivity index (χ1) is 14.1. The second-order valence-electron chi connectivity index (χ2n) is 7.96. The van der Waals surface area contributed by atoms with Crippen LogP contribution in [-0.2, 0) is 11.3 Å². The Morgan fingerprint density at radius 3 is 2.21 bits per heavy atom. The van der Waals surface area contributed by atoms with Crippen molar-refractivity contribution in [3.63, 3.8) is 0 Å². The SMILES string of the molecule is Fc1ccc(N(CC2CC2)C2CCCCC2)cc1.NC(=O)OCc1ccccc1. The summed E-state index contributed by atoms with van der Waals surface area (Å²) in [7, 11) is 0. The number of carbonyl (C=O) groups is 1. The maximum Gasteiger partial charge on any atom is 0.404 e. The summed E-state index contributed by atoms with van der Waals surface area (Å²) in [5.74, 6) is 0.755. The van der Waals surface area contributed by atoms with Crippen LogP contribution in [0.15, 0.2) is 54.6 Å².